The molecule has 3 nitrogen and oxygen atoms in total. The minimum absolute atomic E-state index is 0.0200. The van der Waals surface area contributed by atoms with Crippen LogP contribution in [0.5, 0.6) is 0 Å². The van der Waals surface area contributed by atoms with Crippen molar-refractivity contribution in [3.05, 3.63) is 0 Å². The summed E-state index contributed by atoms with van der Waals surface area (Å²) in [4.78, 5) is 22.0. The topological polar surface area (TPSA) is 43.4 Å². The molecule has 2 aliphatic carbocycles. The average Bonchev–Trinajstić information content (AvgIpc) is 2.83. The van der Waals surface area contributed by atoms with Crippen LogP contribution in [-0.2, 0) is 14.3 Å². The van der Waals surface area contributed by atoms with E-state index in [0.29, 0.717) is 6.42 Å². The number of halogens is 1. The Morgan fingerprint density at radius 2 is 2.29 bits per heavy atom. The van der Waals surface area contributed by atoms with E-state index in [1.807, 2.05) is 0 Å². The summed E-state index contributed by atoms with van der Waals surface area (Å²) in [6.45, 7) is 0. The maximum Gasteiger partial charge on any atom is 0.328 e. The van der Waals surface area contributed by atoms with Crippen molar-refractivity contribution in [1.82, 2.24) is 0 Å². The van der Waals surface area contributed by atoms with Crippen molar-refractivity contribution in [3.63, 3.8) is 0 Å². The SMILES string of the molecule is COC(=O)[C@@]1(Cl)[C@@H]2CCCCC(=O)[C@@H]21. The second kappa shape index (κ2) is 3.23. The zero-order valence-electron chi connectivity index (χ0n) is 8.09. The molecule has 0 N–H and O–H groups in total. The molecule has 0 aromatic rings. The van der Waals surface area contributed by atoms with E-state index in [-0.39, 0.29) is 17.6 Å². The lowest BCUT2D eigenvalue weighted by atomic mass is 10.1. The molecule has 0 aromatic heterocycles. The highest BCUT2D eigenvalue weighted by molar-refractivity contribution is 6.39. The lowest BCUT2D eigenvalue weighted by Gasteiger charge is -2.08. The van der Waals surface area contributed by atoms with Crippen LogP contribution in [0.25, 0.3) is 0 Å². The first-order valence-electron chi connectivity index (χ1n) is 4.92. The third kappa shape index (κ3) is 1.18. The van der Waals surface area contributed by atoms with Gasteiger partial charge >= 0.3 is 5.97 Å². The summed E-state index contributed by atoms with van der Waals surface area (Å²) in [5, 5.41) is 0. The number of hydrogen-bond donors (Lipinski definition) is 0. The van der Waals surface area contributed by atoms with Gasteiger partial charge in [0.05, 0.1) is 13.0 Å². The molecule has 2 fully saturated rings. The van der Waals surface area contributed by atoms with Crippen LogP contribution in [0.2, 0.25) is 0 Å². The van der Waals surface area contributed by atoms with Gasteiger partial charge in [0.2, 0.25) is 0 Å². The van der Waals surface area contributed by atoms with Crippen molar-refractivity contribution in [1.29, 1.82) is 0 Å². The number of alkyl halides is 1. The Labute approximate surface area is 87.8 Å². The summed E-state index contributed by atoms with van der Waals surface area (Å²) in [5.41, 5.74) is 0. The van der Waals surface area contributed by atoms with Gasteiger partial charge in [-0.15, -0.1) is 11.6 Å². The van der Waals surface area contributed by atoms with Gasteiger partial charge in [-0.1, -0.05) is 6.42 Å². The molecule has 0 radical (unpaired) electrons. The van der Waals surface area contributed by atoms with E-state index < -0.39 is 10.8 Å². The summed E-state index contributed by atoms with van der Waals surface area (Å²) in [7, 11) is 1.31. The summed E-state index contributed by atoms with van der Waals surface area (Å²) in [5.74, 6) is -0.567. The minimum Gasteiger partial charge on any atom is -0.468 e. The number of ether oxygens (including phenoxy) is 1. The molecule has 0 unspecified atom stereocenters. The van der Waals surface area contributed by atoms with E-state index in [4.69, 9.17) is 11.6 Å². The van der Waals surface area contributed by atoms with E-state index in [2.05, 4.69) is 4.74 Å². The van der Waals surface area contributed by atoms with Crippen molar-refractivity contribution in [2.75, 3.05) is 7.11 Å². The summed E-state index contributed by atoms with van der Waals surface area (Å²) < 4.78 is 4.64. The number of esters is 1. The molecule has 0 aliphatic heterocycles. The van der Waals surface area contributed by atoms with E-state index in [1.165, 1.54) is 7.11 Å². The molecule has 0 saturated heterocycles. The molecule has 3 atom stereocenters. The van der Waals surface area contributed by atoms with Crippen LogP contribution in [0, 0.1) is 11.8 Å². The Balaban J connectivity index is 2.19. The van der Waals surface area contributed by atoms with E-state index in [1.54, 1.807) is 0 Å². The van der Waals surface area contributed by atoms with Crippen molar-refractivity contribution < 1.29 is 14.3 Å². The first-order chi connectivity index (χ1) is 6.62. The van der Waals surface area contributed by atoms with Gasteiger partial charge in [-0.2, -0.15) is 0 Å². The fourth-order valence-electron chi connectivity index (χ4n) is 2.51. The molecule has 0 heterocycles. The number of ketones is 1. The van der Waals surface area contributed by atoms with Crippen molar-refractivity contribution in [3.8, 4) is 0 Å². The van der Waals surface area contributed by atoms with E-state index in [9.17, 15) is 9.59 Å². The lowest BCUT2D eigenvalue weighted by molar-refractivity contribution is -0.142. The third-order valence-corrected chi connectivity index (χ3v) is 3.99. The summed E-state index contributed by atoms with van der Waals surface area (Å²) >= 11 is 6.14. The average molecular weight is 217 g/mol. The zero-order valence-corrected chi connectivity index (χ0v) is 8.84. The van der Waals surface area contributed by atoms with Gasteiger partial charge in [0, 0.05) is 12.3 Å². The van der Waals surface area contributed by atoms with Gasteiger partial charge in [-0.3, -0.25) is 9.59 Å². The van der Waals surface area contributed by atoms with Crippen molar-refractivity contribution in [2.45, 2.75) is 30.6 Å². The van der Waals surface area contributed by atoms with Crippen molar-refractivity contribution in [2.24, 2.45) is 11.8 Å². The predicted octanol–water partition coefficient (Wildman–Crippen LogP) is 1.53. The molecule has 2 aliphatic rings. The first kappa shape index (κ1) is 9.97. The molecule has 2 rings (SSSR count). The van der Waals surface area contributed by atoms with Gasteiger partial charge in [0.25, 0.3) is 0 Å². The molecule has 0 spiro atoms. The Kier molecular flexibility index (Phi) is 2.30. The molecular weight excluding hydrogens is 204 g/mol. The number of Topliss-reactive ketones (excluding diaryl/α,β-unsaturated/α-hetero) is 1. The number of carbonyl (C=O) groups is 2. The molecule has 4 heteroatoms. The lowest BCUT2D eigenvalue weighted by Crippen LogP contribution is -2.24. The normalized spacial score (nSPS) is 41.1. The fourth-order valence-corrected chi connectivity index (χ4v) is 3.04. The Morgan fingerprint density at radius 1 is 1.57 bits per heavy atom. The zero-order chi connectivity index (χ0) is 10.3. The van der Waals surface area contributed by atoms with E-state index >= 15 is 0 Å². The maximum absolute atomic E-state index is 11.6. The standard InChI is InChI=1S/C10H13ClO3/c1-14-9(13)10(11)6-4-2-3-5-7(12)8(6)10/h6,8H,2-5H2,1H3/t6-,8-,10-/m1/s1. The Bertz CT molecular complexity index is 289. The molecule has 0 aromatic carbocycles. The molecule has 14 heavy (non-hydrogen) atoms. The van der Waals surface area contributed by atoms with Crippen LogP contribution >= 0.6 is 11.6 Å². The largest absolute Gasteiger partial charge is 0.468 e. The van der Waals surface area contributed by atoms with E-state index in [0.717, 1.165) is 19.3 Å². The van der Waals surface area contributed by atoms with Gasteiger partial charge in [-0.25, -0.2) is 0 Å². The number of carbonyl (C=O) groups excluding carboxylic acids is 2. The fraction of sp³-hybridized carbons (Fsp3) is 0.800. The second-order valence-electron chi connectivity index (χ2n) is 4.06. The first-order valence-corrected chi connectivity index (χ1v) is 5.30. The highest BCUT2D eigenvalue weighted by Crippen LogP contribution is 2.60. The number of rotatable bonds is 1. The smallest absolute Gasteiger partial charge is 0.328 e. The minimum atomic E-state index is -1.02. The second-order valence-corrected chi connectivity index (χ2v) is 4.68. The number of hydrogen-bond acceptors (Lipinski definition) is 3. The quantitative estimate of drug-likeness (QED) is 0.493. The van der Waals surface area contributed by atoms with Gasteiger partial charge in [-0.05, 0) is 12.8 Å². The molecule has 2 saturated carbocycles. The monoisotopic (exact) mass is 216 g/mol. The highest BCUT2D eigenvalue weighted by atomic mass is 35.5. The third-order valence-electron chi connectivity index (χ3n) is 3.32. The van der Waals surface area contributed by atoms with Gasteiger partial charge < -0.3 is 4.74 Å². The Hall–Kier alpha value is -0.570. The number of methoxy groups -OCH3 is 1. The van der Waals surface area contributed by atoms with Crippen LogP contribution in [0.1, 0.15) is 25.7 Å². The highest BCUT2D eigenvalue weighted by Gasteiger charge is 2.72. The summed E-state index contributed by atoms with van der Waals surface area (Å²) in [6, 6.07) is 0. The molecule has 0 bridgehead atoms. The Morgan fingerprint density at radius 3 is 2.93 bits per heavy atom. The maximum atomic E-state index is 11.6. The van der Waals surface area contributed by atoms with Gasteiger partial charge in [0.15, 0.2) is 4.87 Å². The van der Waals surface area contributed by atoms with Crippen LogP contribution < -0.4 is 0 Å². The molecule has 0 amide bonds. The number of fused-ring (bicyclic) bond motifs is 1. The van der Waals surface area contributed by atoms with Crippen molar-refractivity contribution >= 4 is 23.4 Å². The molecular formula is C10H13ClO3. The van der Waals surface area contributed by atoms with Crippen LogP contribution in [0.15, 0.2) is 0 Å². The molecule has 78 valence electrons. The van der Waals surface area contributed by atoms with Gasteiger partial charge in [0.1, 0.15) is 5.78 Å². The predicted molar refractivity (Wildman–Crippen MR) is 51.1 cm³/mol. The van der Waals surface area contributed by atoms with Crippen LogP contribution in [0.3, 0.4) is 0 Å². The summed E-state index contributed by atoms with van der Waals surface area (Å²) in [6.07, 6.45) is 3.35. The van der Waals surface area contributed by atoms with Crippen LogP contribution in [-0.4, -0.2) is 23.7 Å². The van der Waals surface area contributed by atoms with Crippen LogP contribution in [0.4, 0.5) is 0 Å².